The molecule has 0 aliphatic heterocycles. The normalized spacial score (nSPS) is 10.3. The number of carbonyl (C=O) groups excluding carboxylic acids is 2. The number of hydrogen-bond donors (Lipinski definition) is 2. The number of ether oxygens (including phenoxy) is 2. The summed E-state index contributed by atoms with van der Waals surface area (Å²) in [6, 6.07) is 14.2. The highest BCUT2D eigenvalue weighted by Crippen LogP contribution is 2.13. The van der Waals surface area contributed by atoms with E-state index in [0.717, 1.165) is 17.7 Å². The SMILES string of the molecule is CCCCCCCOc1ccc(C(=O)NNC(=O)COc2ccc(C)cc2)cc1. The van der Waals surface area contributed by atoms with Gasteiger partial charge in [-0.3, -0.25) is 20.4 Å². The van der Waals surface area contributed by atoms with Gasteiger partial charge in [-0.1, -0.05) is 50.3 Å². The molecule has 0 heterocycles. The molecule has 0 aromatic heterocycles. The van der Waals surface area contributed by atoms with Crippen molar-refractivity contribution in [2.45, 2.75) is 46.0 Å². The second-order valence-corrected chi connectivity index (χ2v) is 6.89. The molecule has 2 rings (SSSR count). The lowest BCUT2D eigenvalue weighted by atomic mass is 10.2. The number of amides is 2. The monoisotopic (exact) mass is 398 g/mol. The third-order valence-corrected chi connectivity index (χ3v) is 4.34. The number of carbonyl (C=O) groups is 2. The van der Waals surface area contributed by atoms with E-state index in [1.165, 1.54) is 25.7 Å². The van der Waals surface area contributed by atoms with Crippen molar-refractivity contribution < 1.29 is 19.1 Å². The van der Waals surface area contributed by atoms with Gasteiger partial charge in [-0.25, -0.2) is 0 Å². The summed E-state index contributed by atoms with van der Waals surface area (Å²) in [6.45, 7) is 4.65. The van der Waals surface area contributed by atoms with E-state index in [9.17, 15) is 9.59 Å². The van der Waals surface area contributed by atoms with E-state index in [4.69, 9.17) is 9.47 Å². The van der Waals surface area contributed by atoms with E-state index in [1.54, 1.807) is 36.4 Å². The van der Waals surface area contributed by atoms with Crippen molar-refractivity contribution in [3.05, 3.63) is 59.7 Å². The number of benzene rings is 2. The summed E-state index contributed by atoms with van der Waals surface area (Å²) in [5.41, 5.74) is 6.26. The van der Waals surface area contributed by atoms with Crippen LogP contribution in [0.25, 0.3) is 0 Å². The van der Waals surface area contributed by atoms with E-state index in [2.05, 4.69) is 17.8 Å². The highest BCUT2D eigenvalue weighted by Gasteiger charge is 2.08. The van der Waals surface area contributed by atoms with Crippen molar-refractivity contribution in [1.82, 2.24) is 10.9 Å². The van der Waals surface area contributed by atoms with Gasteiger partial charge >= 0.3 is 0 Å². The third kappa shape index (κ3) is 8.68. The van der Waals surface area contributed by atoms with Gasteiger partial charge < -0.3 is 9.47 Å². The minimum Gasteiger partial charge on any atom is -0.494 e. The smallest absolute Gasteiger partial charge is 0.276 e. The van der Waals surface area contributed by atoms with Gasteiger partial charge in [-0.2, -0.15) is 0 Å². The first-order chi connectivity index (χ1) is 14.1. The Kier molecular flexibility index (Phi) is 9.55. The van der Waals surface area contributed by atoms with Gasteiger partial charge in [0.05, 0.1) is 6.61 Å². The van der Waals surface area contributed by atoms with Crippen LogP contribution in [0.3, 0.4) is 0 Å². The molecular formula is C23H30N2O4. The maximum Gasteiger partial charge on any atom is 0.276 e. The van der Waals surface area contributed by atoms with Gasteiger partial charge in [0, 0.05) is 5.56 Å². The molecular weight excluding hydrogens is 368 g/mol. The number of hydrogen-bond acceptors (Lipinski definition) is 4. The Labute approximate surface area is 172 Å². The van der Waals surface area contributed by atoms with E-state index < -0.39 is 11.8 Å². The fourth-order valence-corrected chi connectivity index (χ4v) is 2.62. The Balaban J connectivity index is 1.66. The molecule has 6 heteroatoms. The zero-order valence-electron chi connectivity index (χ0n) is 17.2. The molecule has 0 unspecified atom stereocenters. The Morgan fingerprint density at radius 1 is 0.793 bits per heavy atom. The third-order valence-electron chi connectivity index (χ3n) is 4.34. The van der Waals surface area contributed by atoms with Gasteiger partial charge in [0.25, 0.3) is 11.8 Å². The van der Waals surface area contributed by atoms with Crippen molar-refractivity contribution in [2.75, 3.05) is 13.2 Å². The molecule has 0 aliphatic carbocycles. The van der Waals surface area contributed by atoms with Crippen LogP contribution in [0.5, 0.6) is 11.5 Å². The van der Waals surface area contributed by atoms with Crippen LogP contribution < -0.4 is 20.3 Å². The molecule has 0 fully saturated rings. The number of rotatable bonds is 11. The van der Waals surface area contributed by atoms with Crippen LogP contribution in [0.15, 0.2) is 48.5 Å². The van der Waals surface area contributed by atoms with Crippen molar-refractivity contribution in [3.8, 4) is 11.5 Å². The molecule has 29 heavy (non-hydrogen) atoms. The molecule has 156 valence electrons. The van der Waals surface area contributed by atoms with E-state index in [-0.39, 0.29) is 6.61 Å². The Bertz CT molecular complexity index is 757. The quantitative estimate of drug-likeness (QED) is 0.440. The first-order valence-electron chi connectivity index (χ1n) is 10.1. The first kappa shape index (κ1) is 22.3. The zero-order chi connectivity index (χ0) is 20.9. The van der Waals surface area contributed by atoms with Crippen LogP contribution in [-0.2, 0) is 4.79 Å². The molecule has 0 saturated heterocycles. The molecule has 2 N–H and O–H groups in total. The topological polar surface area (TPSA) is 76.7 Å². The van der Waals surface area contributed by atoms with Crippen LogP contribution in [-0.4, -0.2) is 25.0 Å². The van der Waals surface area contributed by atoms with Gasteiger partial charge in [0.2, 0.25) is 0 Å². The Morgan fingerprint density at radius 2 is 1.41 bits per heavy atom. The molecule has 0 aliphatic rings. The second-order valence-electron chi connectivity index (χ2n) is 6.89. The van der Waals surface area contributed by atoms with Crippen LogP contribution in [0.1, 0.15) is 54.9 Å². The van der Waals surface area contributed by atoms with Crippen molar-refractivity contribution >= 4 is 11.8 Å². The summed E-state index contributed by atoms with van der Waals surface area (Å²) in [7, 11) is 0. The summed E-state index contributed by atoms with van der Waals surface area (Å²) in [6.07, 6.45) is 5.92. The highest BCUT2D eigenvalue weighted by molar-refractivity contribution is 5.95. The molecule has 2 amide bonds. The molecule has 2 aromatic carbocycles. The molecule has 6 nitrogen and oxygen atoms in total. The average molecular weight is 399 g/mol. The number of nitrogens with one attached hydrogen (secondary N) is 2. The fourth-order valence-electron chi connectivity index (χ4n) is 2.62. The second kappa shape index (κ2) is 12.4. The Morgan fingerprint density at radius 3 is 2.10 bits per heavy atom. The van der Waals surface area contributed by atoms with E-state index in [0.29, 0.717) is 17.9 Å². The van der Waals surface area contributed by atoms with Crippen LogP contribution in [0.2, 0.25) is 0 Å². The largest absolute Gasteiger partial charge is 0.494 e. The van der Waals surface area contributed by atoms with Gasteiger partial charge in [0.15, 0.2) is 6.61 Å². The summed E-state index contributed by atoms with van der Waals surface area (Å²) in [5.74, 6) is 0.479. The Hall–Kier alpha value is -3.02. The number of hydrazine groups is 1. The lowest BCUT2D eigenvalue weighted by Gasteiger charge is -2.10. The average Bonchev–Trinajstić information content (AvgIpc) is 2.74. The highest BCUT2D eigenvalue weighted by atomic mass is 16.5. The van der Waals surface area contributed by atoms with Gasteiger partial charge in [-0.15, -0.1) is 0 Å². The molecule has 0 atom stereocenters. The first-order valence-corrected chi connectivity index (χ1v) is 10.1. The lowest BCUT2D eigenvalue weighted by Crippen LogP contribution is -2.43. The number of aryl methyl sites for hydroxylation is 1. The molecule has 0 spiro atoms. The van der Waals surface area contributed by atoms with E-state index >= 15 is 0 Å². The number of unbranched alkanes of at least 4 members (excludes halogenated alkanes) is 4. The van der Waals surface area contributed by atoms with Crippen LogP contribution >= 0.6 is 0 Å². The van der Waals surface area contributed by atoms with Crippen LogP contribution in [0.4, 0.5) is 0 Å². The molecule has 0 saturated carbocycles. The van der Waals surface area contributed by atoms with Crippen molar-refractivity contribution in [2.24, 2.45) is 0 Å². The zero-order valence-corrected chi connectivity index (χ0v) is 17.2. The van der Waals surface area contributed by atoms with Crippen molar-refractivity contribution in [1.29, 1.82) is 0 Å². The maximum atomic E-state index is 12.1. The molecule has 0 radical (unpaired) electrons. The summed E-state index contributed by atoms with van der Waals surface area (Å²) >= 11 is 0. The fraction of sp³-hybridized carbons (Fsp3) is 0.391. The predicted molar refractivity (Wildman–Crippen MR) is 113 cm³/mol. The van der Waals surface area contributed by atoms with E-state index in [1.807, 2.05) is 19.1 Å². The van der Waals surface area contributed by atoms with Gasteiger partial charge in [0.1, 0.15) is 11.5 Å². The molecule has 2 aromatic rings. The summed E-state index contributed by atoms with van der Waals surface area (Å²) in [4.78, 5) is 23.9. The standard InChI is InChI=1S/C23H30N2O4/c1-3-4-5-6-7-16-28-20-14-10-19(11-15-20)23(27)25-24-22(26)17-29-21-12-8-18(2)9-13-21/h8-15H,3-7,16-17H2,1-2H3,(H,24,26)(H,25,27). The molecule has 0 bridgehead atoms. The van der Waals surface area contributed by atoms with Crippen LogP contribution in [0, 0.1) is 6.92 Å². The summed E-state index contributed by atoms with van der Waals surface area (Å²) < 4.78 is 11.0. The predicted octanol–water partition coefficient (Wildman–Crippen LogP) is 4.18. The minimum absolute atomic E-state index is 0.186. The maximum absolute atomic E-state index is 12.1. The summed E-state index contributed by atoms with van der Waals surface area (Å²) in [5, 5.41) is 0. The minimum atomic E-state index is -0.443. The lowest BCUT2D eigenvalue weighted by molar-refractivity contribution is -0.123. The van der Waals surface area contributed by atoms with Gasteiger partial charge in [-0.05, 0) is 49.7 Å². The van der Waals surface area contributed by atoms with Crippen molar-refractivity contribution in [3.63, 3.8) is 0 Å².